The molecule has 0 N–H and O–H groups in total. The second-order valence-electron chi connectivity index (χ2n) is 5.98. The van der Waals surface area contributed by atoms with Crippen LogP contribution in [0.1, 0.15) is 40.2 Å². The molecule has 0 aliphatic carbocycles. The summed E-state index contributed by atoms with van der Waals surface area (Å²) in [6.45, 7) is 10.5. The highest BCUT2D eigenvalue weighted by Crippen LogP contribution is 2.40. The van der Waals surface area contributed by atoms with Crippen LogP contribution < -0.4 is 0 Å². The Kier molecular flexibility index (Phi) is 4.67. The second kappa shape index (κ2) is 5.96. The molecule has 1 aromatic rings. The first-order valence-corrected chi connectivity index (χ1v) is 8.15. The zero-order chi connectivity index (χ0) is 14.8. The van der Waals surface area contributed by atoms with Gasteiger partial charge in [-0.25, -0.2) is 0 Å². The summed E-state index contributed by atoms with van der Waals surface area (Å²) in [6, 6.07) is 10.3. The molecule has 1 heterocycles. The van der Waals surface area contributed by atoms with Gasteiger partial charge in [-0.2, -0.15) is 0 Å². The average Bonchev–Trinajstić information content (AvgIpc) is 2.60. The van der Waals surface area contributed by atoms with Crippen LogP contribution >= 0.6 is 11.8 Å². The Morgan fingerprint density at radius 2 is 1.65 bits per heavy atom. The Balaban J connectivity index is 2.31. The minimum absolute atomic E-state index is 0.303. The monoisotopic (exact) mass is 290 g/mol. The molecule has 1 aromatic carbocycles. The summed E-state index contributed by atoms with van der Waals surface area (Å²) < 4.78 is 12.3. The molecule has 0 radical (unpaired) electrons. The molecule has 0 atom stereocenters. The zero-order valence-corrected chi connectivity index (χ0v) is 13.8. The maximum absolute atomic E-state index is 6.17. The van der Waals surface area contributed by atoms with Crippen molar-refractivity contribution in [2.24, 2.45) is 0 Å². The molecule has 0 spiro atoms. The van der Waals surface area contributed by atoms with Gasteiger partial charge in [-0.1, -0.05) is 37.3 Å². The van der Waals surface area contributed by atoms with E-state index in [1.54, 1.807) is 11.8 Å². The summed E-state index contributed by atoms with van der Waals surface area (Å²) in [4.78, 5) is 0. The molecule has 0 saturated carbocycles. The van der Waals surface area contributed by atoms with E-state index in [2.05, 4.69) is 52.2 Å². The fourth-order valence-corrected chi connectivity index (χ4v) is 2.63. The molecule has 4 heteroatoms. The van der Waals surface area contributed by atoms with Gasteiger partial charge in [-0.15, -0.1) is 11.8 Å². The van der Waals surface area contributed by atoms with Gasteiger partial charge in [0.25, 0.3) is 0 Å². The van der Waals surface area contributed by atoms with Crippen molar-refractivity contribution in [3.63, 3.8) is 0 Å². The van der Waals surface area contributed by atoms with Crippen LogP contribution in [-0.2, 0) is 9.31 Å². The predicted molar refractivity (Wildman–Crippen MR) is 88.6 cm³/mol. The summed E-state index contributed by atoms with van der Waals surface area (Å²) in [5.74, 6) is 1.04. The number of benzene rings is 1. The van der Waals surface area contributed by atoms with Crippen molar-refractivity contribution in [2.45, 2.75) is 45.8 Å². The SMILES string of the molecule is CCS/C=C(/B1OC(C)(C)C(C)(C)O1)c1ccccc1. The zero-order valence-electron chi connectivity index (χ0n) is 13.0. The first-order chi connectivity index (χ1) is 9.37. The number of hydrogen-bond acceptors (Lipinski definition) is 3. The van der Waals surface area contributed by atoms with Crippen LogP contribution in [0.15, 0.2) is 35.7 Å². The van der Waals surface area contributed by atoms with Gasteiger partial charge in [0.15, 0.2) is 0 Å². The van der Waals surface area contributed by atoms with E-state index in [0.29, 0.717) is 0 Å². The fraction of sp³-hybridized carbons (Fsp3) is 0.500. The molecule has 20 heavy (non-hydrogen) atoms. The Labute approximate surface area is 127 Å². The number of rotatable bonds is 4. The molecule has 1 saturated heterocycles. The van der Waals surface area contributed by atoms with E-state index >= 15 is 0 Å². The molecule has 0 aromatic heterocycles. The third-order valence-electron chi connectivity index (χ3n) is 3.99. The topological polar surface area (TPSA) is 18.5 Å². The predicted octanol–water partition coefficient (Wildman–Crippen LogP) is 4.41. The van der Waals surface area contributed by atoms with Gasteiger partial charge in [0.1, 0.15) is 0 Å². The largest absolute Gasteiger partial charge is 0.495 e. The summed E-state index contributed by atoms with van der Waals surface area (Å²) >= 11 is 1.78. The van der Waals surface area contributed by atoms with Crippen LogP contribution in [0.3, 0.4) is 0 Å². The van der Waals surface area contributed by atoms with Gasteiger partial charge >= 0.3 is 7.12 Å². The van der Waals surface area contributed by atoms with E-state index < -0.39 is 0 Å². The number of thioether (sulfide) groups is 1. The standard InChI is InChI=1S/C16H23BO2S/c1-6-20-12-14(13-10-8-7-9-11-13)17-18-15(2,3)16(4,5)19-17/h7-12H,6H2,1-5H3/b14-12+. The lowest BCUT2D eigenvalue weighted by Crippen LogP contribution is -2.41. The van der Waals surface area contributed by atoms with E-state index in [9.17, 15) is 0 Å². The Morgan fingerprint density at radius 3 is 2.15 bits per heavy atom. The smallest absolute Gasteiger partial charge is 0.399 e. The van der Waals surface area contributed by atoms with Crippen LogP contribution in [0.2, 0.25) is 0 Å². The first kappa shape index (κ1) is 15.7. The molecule has 0 amide bonds. The van der Waals surface area contributed by atoms with Gasteiger partial charge in [-0.05, 0) is 49.9 Å². The van der Waals surface area contributed by atoms with Crippen molar-refractivity contribution in [3.05, 3.63) is 41.3 Å². The van der Waals surface area contributed by atoms with E-state index in [1.807, 2.05) is 18.2 Å². The lowest BCUT2D eigenvalue weighted by molar-refractivity contribution is 0.00578. The van der Waals surface area contributed by atoms with Crippen molar-refractivity contribution >= 4 is 24.4 Å². The first-order valence-electron chi connectivity index (χ1n) is 7.10. The molecule has 108 valence electrons. The summed E-state index contributed by atoms with van der Waals surface area (Å²) in [5.41, 5.74) is 1.66. The van der Waals surface area contributed by atoms with Crippen LogP contribution in [0.4, 0.5) is 0 Å². The average molecular weight is 290 g/mol. The highest BCUT2D eigenvalue weighted by Gasteiger charge is 2.52. The number of hydrogen-bond donors (Lipinski definition) is 0. The third kappa shape index (κ3) is 3.13. The molecule has 2 rings (SSSR count). The minimum atomic E-state index is -0.304. The molecule has 1 aliphatic rings. The fourth-order valence-electron chi connectivity index (χ4n) is 2.03. The maximum Gasteiger partial charge on any atom is 0.495 e. The van der Waals surface area contributed by atoms with Gasteiger partial charge in [-0.3, -0.25) is 0 Å². The van der Waals surface area contributed by atoms with E-state index in [-0.39, 0.29) is 18.3 Å². The molecule has 2 nitrogen and oxygen atoms in total. The third-order valence-corrected chi connectivity index (χ3v) is 4.75. The lowest BCUT2D eigenvalue weighted by Gasteiger charge is -2.32. The molecule has 0 unspecified atom stereocenters. The van der Waals surface area contributed by atoms with Crippen LogP contribution in [0.5, 0.6) is 0 Å². The Morgan fingerprint density at radius 1 is 1.10 bits per heavy atom. The summed E-state index contributed by atoms with van der Waals surface area (Å²) in [6.07, 6.45) is 0. The van der Waals surface area contributed by atoms with E-state index in [4.69, 9.17) is 9.31 Å². The van der Waals surface area contributed by atoms with Crippen LogP contribution in [0.25, 0.3) is 5.47 Å². The van der Waals surface area contributed by atoms with Crippen molar-refractivity contribution in [2.75, 3.05) is 5.75 Å². The second-order valence-corrected chi connectivity index (χ2v) is 7.13. The Hall–Kier alpha value is -0.705. The maximum atomic E-state index is 6.17. The van der Waals surface area contributed by atoms with E-state index in [0.717, 1.165) is 16.8 Å². The van der Waals surface area contributed by atoms with Crippen molar-refractivity contribution in [1.29, 1.82) is 0 Å². The minimum Gasteiger partial charge on any atom is -0.399 e. The summed E-state index contributed by atoms with van der Waals surface area (Å²) in [5, 5.41) is 2.16. The van der Waals surface area contributed by atoms with Gasteiger partial charge in [0.05, 0.1) is 11.2 Å². The van der Waals surface area contributed by atoms with Gasteiger partial charge < -0.3 is 9.31 Å². The molecule has 1 fully saturated rings. The highest BCUT2D eigenvalue weighted by atomic mass is 32.2. The van der Waals surface area contributed by atoms with Crippen molar-refractivity contribution in [1.82, 2.24) is 0 Å². The quantitative estimate of drug-likeness (QED) is 0.765. The highest BCUT2D eigenvalue weighted by molar-refractivity contribution is 8.02. The van der Waals surface area contributed by atoms with E-state index in [1.165, 1.54) is 0 Å². The van der Waals surface area contributed by atoms with Crippen molar-refractivity contribution < 1.29 is 9.31 Å². The van der Waals surface area contributed by atoms with Gasteiger partial charge in [0.2, 0.25) is 0 Å². The van der Waals surface area contributed by atoms with Gasteiger partial charge in [0, 0.05) is 0 Å². The molecular weight excluding hydrogens is 267 g/mol. The van der Waals surface area contributed by atoms with Crippen LogP contribution in [-0.4, -0.2) is 24.1 Å². The molecular formula is C16H23BO2S. The van der Waals surface area contributed by atoms with Crippen LogP contribution in [0, 0.1) is 0 Å². The molecule has 1 aliphatic heterocycles. The lowest BCUT2D eigenvalue weighted by atomic mass is 9.75. The summed E-state index contributed by atoms with van der Waals surface area (Å²) in [7, 11) is -0.304. The molecule has 0 bridgehead atoms. The Bertz CT molecular complexity index is 467. The van der Waals surface area contributed by atoms with Crippen molar-refractivity contribution in [3.8, 4) is 0 Å². The normalized spacial score (nSPS) is 21.2.